The fraction of sp³-hybridized carbons (Fsp3) is 0.375. The average Bonchev–Trinajstić information content (AvgIpc) is 2.94. The van der Waals surface area contributed by atoms with Crippen molar-refractivity contribution in [2.45, 2.75) is 20.3 Å². The van der Waals surface area contributed by atoms with Crippen LogP contribution in [0.3, 0.4) is 0 Å². The summed E-state index contributed by atoms with van der Waals surface area (Å²) in [5.74, 6) is 1.63. The number of carbonyl (C=O) groups excluding carboxylic acids is 1. The van der Waals surface area contributed by atoms with Crippen LogP contribution in [0.4, 0.5) is 5.69 Å². The number of hydrogen-bond donors (Lipinski definition) is 1. The molecule has 0 aliphatic carbocycles. The normalized spacial score (nSPS) is 10.3. The first-order valence-corrected chi connectivity index (χ1v) is 7.12. The second-order valence-electron chi connectivity index (χ2n) is 4.79. The molecule has 23 heavy (non-hydrogen) atoms. The van der Waals surface area contributed by atoms with Gasteiger partial charge in [0.1, 0.15) is 11.3 Å². The van der Waals surface area contributed by atoms with E-state index in [1.54, 1.807) is 19.1 Å². The smallest absolute Gasteiger partial charge is 0.261 e. The predicted octanol–water partition coefficient (Wildman–Crippen LogP) is 2.82. The first-order chi connectivity index (χ1) is 11.0. The molecule has 0 fully saturated rings. The van der Waals surface area contributed by atoms with Crippen LogP contribution in [-0.4, -0.2) is 32.4 Å². The second-order valence-corrected chi connectivity index (χ2v) is 4.79. The van der Waals surface area contributed by atoms with Crippen molar-refractivity contribution in [1.82, 2.24) is 5.16 Å². The number of hydrogen-bond acceptors (Lipinski definition) is 6. The number of ether oxygens (including phenoxy) is 3. The van der Waals surface area contributed by atoms with Gasteiger partial charge in [-0.3, -0.25) is 4.79 Å². The summed E-state index contributed by atoms with van der Waals surface area (Å²) < 4.78 is 21.0. The zero-order chi connectivity index (χ0) is 17.0. The molecule has 1 aromatic heterocycles. The molecular formula is C16H20N2O5. The van der Waals surface area contributed by atoms with Crippen molar-refractivity contribution in [2.24, 2.45) is 0 Å². The van der Waals surface area contributed by atoms with E-state index >= 15 is 0 Å². The minimum Gasteiger partial charge on any atom is -0.493 e. The number of benzene rings is 1. The zero-order valence-electron chi connectivity index (χ0n) is 13.9. The first-order valence-electron chi connectivity index (χ1n) is 7.12. The molecule has 0 spiro atoms. The van der Waals surface area contributed by atoms with E-state index in [4.69, 9.17) is 18.7 Å². The van der Waals surface area contributed by atoms with Crippen LogP contribution in [0, 0.1) is 6.92 Å². The molecule has 0 radical (unpaired) electrons. The van der Waals surface area contributed by atoms with Gasteiger partial charge in [0.15, 0.2) is 11.5 Å². The van der Waals surface area contributed by atoms with Gasteiger partial charge in [0.2, 0.25) is 5.75 Å². The number of rotatable bonds is 6. The third-order valence-electron chi connectivity index (χ3n) is 3.40. The van der Waals surface area contributed by atoms with Crippen molar-refractivity contribution in [1.29, 1.82) is 0 Å². The van der Waals surface area contributed by atoms with Crippen LogP contribution in [0.25, 0.3) is 0 Å². The quantitative estimate of drug-likeness (QED) is 0.881. The van der Waals surface area contributed by atoms with Gasteiger partial charge in [-0.25, -0.2) is 0 Å². The van der Waals surface area contributed by atoms with Crippen LogP contribution in [0.1, 0.15) is 28.7 Å². The number of aryl methyl sites for hydroxylation is 2. The van der Waals surface area contributed by atoms with Gasteiger partial charge in [-0.15, -0.1) is 0 Å². The Labute approximate surface area is 134 Å². The molecular weight excluding hydrogens is 300 g/mol. The molecule has 2 rings (SSSR count). The molecule has 7 nitrogen and oxygen atoms in total. The van der Waals surface area contributed by atoms with Gasteiger partial charge < -0.3 is 24.1 Å². The molecule has 1 aromatic carbocycles. The monoisotopic (exact) mass is 320 g/mol. The molecule has 0 saturated carbocycles. The summed E-state index contributed by atoms with van der Waals surface area (Å²) in [6.45, 7) is 3.63. The number of aromatic nitrogens is 1. The van der Waals surface area contributed by atoms with Gasteiger partial charge in [0.05, 0.1) is 27.0 Å². The van der Waals surface area contributed by atoms with E-state index in [1.165, 1.54) is 21.3 Å². The fourth-order valence-electron chi connectivity index (χ4n) is 2.30. The lowest BCUT2D eigenvalue weighted by Crippen LogP contribution is -2.14. The summed E-state index contributed by atoms with van der Waals surface area (Å²) in [5, 5.41) is 6.65. The molecule has 2 aromatic rings. The number of amides is 1. The molecule has 0 atom stereocenters. The van der Waals surface area contributed by atoms with Crippen LogP contribution >= 0.6 is 0 Å². The minimum atomic E-state index is -0.296. The lowest BCUT2D eigenvalue weighted by molar-refractivity contribution is 0.102. The number of nitrogens with one attached hydrogen (secondary N) is 1. The van der Waals surface area contributed by atoms with E-state index in [-0.39, 0.29) is 5.91 Å². The van der Waals surface area contributed by atoms with Crippen molar-refractivity contribution in [3.05, 3.63) is 29.2 Å². The van der Waals surface area contributed by atoms with Crippen LogP contribution in [0.15, 0.2) is 16.7 Å². The number of nitrogens with zero attached hydrogens (tertiary/aromatic N) is 1. The Morgan fingerprint density at radius 1 is 1.17 bits per heavy atom. The molecule has 0 aliphatic rings. The van der Waals surface area contributed by atoms with E-state index in [0.717, 1.165) is 0 Å². The Morgan fingerprint density at radius 3 is 2.26 bits per heavy atom. The summed E-state index contributed by atoms with van der Waals surface area (Å²) in [6, 6.07) is 3.32. The zero-order valence-corrected chi connectivity index (χ0v) is 13.9. The van der Waals surface area contributed by atoms with Crippen molar-refractivity contribution < 1.29 is 23.5 Å². The van der Waals surface area contributed by atoms with Gasteiger partial charge in [0.25, 0.3) is 5.91 Å². The van der Waals surface area contributed by atoms with Gasteiger partial charge in [-0.2, -0.15) is 0 Å². The average molecular weight is 320 g/mol. The molecule has 7 heteroatoms. The highest BCUT2D eigenvalue weighted by molar-refractivity contribution is 6.06. The van der Waals surface area contributed by atoms with Crippen LogP contribution in [0.5, 0.6) is 17.2 Å². The maximum Gasteiger partial charge on any atom is 0.261 e. The Balaban J connectivity index is 2.36. The molecule has 0 bridgehead atoms. The Kier molecular flexibility index (Phi) is 5.10. The third kappa shape index (κ3) is 3.23. The topological polar surface area (TPSA) is 82.8 Å². The first kappa shape index (κ1) is 16.7. The molecule has 1 amide bonds. The van der Waals surface area contributed by atoms with Gasteiger partial charge in [-0.1, -0.05) is 12.1 Å². The highest BCUT2D eigenvalue weighted by Gasteiger charge is 2.21. The standard InChI is InChI=1S/C16H20N2O5/c1-6-11-14(9(2)18-23-11)16(19)17-10-7-12(20-3)15(22-5)13(8-10)21-4/h7-8H,6H2,1-5H3,(H,17,19). The van der Waals surface area contributed by atoms with Gasteiger partial charge >= 0.3 is 0 Å². The van der Waals surface area contributed by atoms with E-state index in [1.807, 2.05) is 6.92 Å². The van der Waals surface area contributed by atoms with Crippen LogP contribution in [-0.2, 0) is 6.42 Å². The summed E-state index contributed by atoms with van der Waals surface area (Å²) >= 11 is 0. The summed E-state index contributed by atoms with van der Waals surface area (Å²) in [4.78, 5) is 12.5. The lowest BCUT2D eigenvalue weighted by atomic mass is 10.1. The molecule has 0 saturated heterocycles. The van der Waals surface area contributed by atoms with Crippen LogP contribution < -0.4 is 19.5 Å². The Morgan fingerprint density at radius 2 is 1.78 bits per heavy atom. The largest absolute Gasteiger partial charge is 0.493 e. The third-order valence-corrected chi connectivity index (χ3v) is 3.40. The van der Waals surface area contributed by atoms with E-state index < -0.39 is 0 Å². The Bertz CT molecular complexity index is 683. The minimum absolute atomic E-state index is 0.296. The molecule has 1 heterocycles. The van der Waals surface area contributed by atoms with Crippen LogP contribution in [0.2, 0.25) is 0 Å². The number of anilines is 1. The highest BCUT2D eigenvalue weighted by Crippen LogP contribution is 2.40. The van der Waals surface area contributed by atoms with Crippen molar-refractivity contribution in [3.8, 4) is 17.2 Å². The second kappa shape index (κ2) is 7.04. The molecule has 1 N–H and O–H groups in total. The van der Waals surface area contributed by atoms with E-state index in [0.29, 0.717) is 46.4 Å². The maximum absolute atomic E-state index is 12.5. The predicted molar refractivity (Wildman–Crippen MR) is 84.7 cm³/mol. The van der Waals surface area contributed by atoms with E-state index in [2.05, 4.69) is 10.5 Å². The SMILES string of the molecule is CCc1onc(C)c1C(=O)Nc1cc(OC)c(OC)c(OC)c1. The van der Waals surface area contributed by atoms with Gasteiger partial charge in [0, 0.05) is 24.2 Å². The summed E-state index contributed by atoms with van der Waals surface area (Å²) in [5.41, 5.74) is 1.51. The van der Waals surface area contributed by atoms with Crippen molar-refractivity contribution >= 4 is 11.6 Å². The summed E-state index contributed by atoms with van der Waals surface area (Å²) in [7, 11) is 4.55. The number of carbonyl (C=O) groups is 1. The number of methoxy groups -OCH3 is 3. The Hall–Kier alpha value is -2.70. The van der Waals surface area contributed by atoms with Crippen molar-refractivity contribution in [3.63, 3.8) is 0 Å². The summed E-state index contributed by atoms with van der Waals surface area (Å²) in [6.07, 6.45) is 0.582. The maximum atomic E-state index is 12.5. The van der Waals surface area contributed by atoms with Crippen molar-refractivity contribution in [2.75, 3.05) is 26.6 Å². The fourth-order valence-corrected chi connectivity index (χ4v) is 2.30. The lowest BCUT2D eigenvalue weighted by Gasteiger charge is -2.14. The molecule has 0 unspecified atom stereocenters. The van der Waals surface area contributed by atoms with Gasteiger partial charge in [-0.05, 0) is 6.92 Å². The van der Waals surface area contributed by atoms with E-state index in [9.17, 15) is 4.79 Å². The molecule has 0 aliphatic heterocycles. The molecule has 124 valence electrons. The highest BCUT2D eigenvalue weighted by atomic mass is 16.5.